The van der Waals surface area contributed by atoms with Crippen LogP contribution < -0.4 is 5.73 Å². The Morgan fingerprint density at radius 1 is 1.12 bits per heavy atom. The van der Waals surface area contributed by atoms with Gasteiger partial charge in [-0.2, -0.15) is 0 Å². The Kier molecular flexibility index (Phi) is 2.28. The van der Waals surface area contributed by atoms with Crippen molar-refractivity contribution in [1.82, 2.24) is 4.98 Å². The van der Waals surface area contributed by atoms with Crippen LogP contribution >= 0.6 is 0 Å². The molecular weight excluding hydrogens is 216 g/mol. The topological polar surface area (TPSA) is 79.4 Å². The second-order valence-electron chi connectivity index (χ2n) is 4.45. The summed E-state index contributed by atoms with van der Waals surface area (Å²) in [4.78, 5) is 4.42. The molecule has 4 N–H and O–H groups in total. The van der Waals surface area contributed by atoms with Gasteiger partial charge in [-0.05, 0) is 18.9 Å². The number of nitrogens with two attached hydrogens (primary N) is 1. The van der Waals surface area contributed by atoms with Gasteiger partial charge in [-0.15, -0.1) is 0 Å². The molecule has 2 aromatic rings. The molecule has 1 aromatic carbocycles. The van der Waals surface area contributed by atoms with E-state index >= 15 is 0 Å². The maximum Gasteiger partial charge on any atom is 0.0965 e. The number of hydrogen-bond acceptors (Lipinski definition) is 4. The van der Waals surface area contributed by atoms with Gasteiger partial charge in [-0.3, -0.25) is 0 Å². The van der Waals surface area contributed by atoms with Crippen LogP contribution in [0.2, 0.25) is 0 Å². The molecule has 0 saturated heterocycles. The quantitative estimate of drug-likeness (QED) is 0.643. The molecule has 0 spiro atoms. The number of aliphatic hydroxyl groups is 2. The van der Waals surface area contributed by atoms with Crippen LogP contribution in [0.4, 0.5) is 5.69 Å². The Bertz CT molecular complexity index is 583. The molecule has 17 heavy (non-hydrogen) atoms. The SMILES string of the molecule is Nc1c2c(nc3ccccc13)[C@H](O)CC[C@@H]2O. The number of fused-ring (bicyclic) bond motifs is 2. The molecule has 0 bridgehead atoms. The number of aromatic nitrogens is 1. The highest BCUT2D eigenvalue weighted by atomic mass is 16.3. The zero-order chi connectivity index (χ0) is 12.0. The van der Waals surface area contributed by atoms with Gasteiger partial charge < -0.3 is 15.9 Å². The Balaban J connectivity index is 2.37. The van der Waals surface area contributed by atoms with Gasteiger partial charge in [0.05, 0.1) is 23.4 Å². The number of benzene rings is 1. The Hall–Kier alpha value is -1.65. The number of pyridine rings is 1. The molecule has 4 nitrogen and oxygen atoms in total. The first-order valence-corrected chi connectivity index (χ1v) is 5.72. The molecule has 1 aliphatic rings. The normalized spacial score (nSPS) is 23.6. The third-order valence-corrected chi connectivity index (χ3v) is 3.36. The van der Waals surface area contributed by atoms with Crippen LogP contribution in [0.25, 0.3) is 10.9 Å². The number of nitrogens with zero attached hydrogens (tertiary/aromatic N) is 1. The maximum absolute atomic E-state index is 9.99. The lowest BCUT2D eigenvalue weighted by atomic mass is 9.89. The summed E-state index contributed by atoms with van der Waals surface area (Å²) in [5, 5.41) is 20.8. The molecule has 4 heteroatoms. The van der Waals surface area contributed by atoms with Crippen LogP contribution in [0.1, 0.15) is 36.3 Å². The smallest absolute Gasteiger partial charge is 0.0965 e. The molecule has 3 rings (SSSR count). The fourth-order valence-corrected chi connectivity index (χ4v) is 2.47. The first-order valence-electron chi connectivity index (χ1n) is 5.72. The van der Waals surface area contributed by atoms with Crippen molar-refractivity contribution in [2.75, 3.05) is 5.73 Å². The molecule has 0 amide bonds. The Morgan fingerprint density at radius 3 is 2.65 bits per heavy atom. The van der Waals surface area contributed by atoms with E-state index in [9.17, 15) is 10.2 Å². The van der Waals surface area contributed by atoms with Crippen molar-refractivity contribution < 1.29 is 10.2 Å². The molecule has 1 aliphatic carbocycles. The van der Waals surface area contributed by atoms with E-state index in [1.54, 1.807) is 0 Å². The van der Waals surface area contributed by atoms with E-state index in [2.05, 4.69) is 4.98 Å². The van der Waals surface area contributed by atoms with Crippen LogP contribution in [0.3, 0.4) is 0 Å². The van der Waals surface area contributed by atoms with Crippen molar-refractivity contribution in [3.8, 4) is 0 Å². The summed E-state index contributed by atoms with van der Waals surface area (Å²) in [5.41, 5.74) is 8.51. The molecule has 0 radical (unpaired) electrons. The molecule has 88 valence electrons. The first-order chi connectivity index (χ1) is 8.18. The van der Waals surface area contributed by atoms with Crippen molar-refractivity contribution in [2.45, 2.75) is 25.0 Å². The van der Waals surface area contributed by atoms with Crippen molar-refractivity contribution in [1.29, 1.82) is 0 Å². The Labute approximate surface area is 98.7 Å². The highest BCUT2D eigenvalue weighted by Gasteiger charge is 2.29. The molecule has 0 saturated carbocycles. The van der Waals surface area contributed by atoms with Crippen molar-refractivity contribution >= 4 is 16.6 Å². The number of anilines is 1. The molecule has 1 aromatic heterocycles. The summed E-state index contributed by atoms with van der Waals surface area (Å²) in [7, 11) is 0. The highest BCUT2D eigenvalue weighted by Crippen LogP contribution is 2.40. The van der Waals surface area contributed by atoms with Crippen molar-refractivity contribution in [3.05, 3.63) is 35.5 Å². The summed E-state index contributed by atoms with van der Waals surface area (Å²) in [6.07, 6.45) is -0.192. The third kappa shape index (κ3) is 1.49. The second kappa shape index (κ2) is 3.68. The van der Waals surface area contributed by atoms with Gasteiger partial charge in [0.25, 0.3) is 0 Å². The van der Waals surface area contributed by atoms with Crippen molar-refractivity contribution in [2.24, 2.45) is 0 Å². The molecule has 2 atom stereocenters. The van der Waals surface area contributed by atoms with Crippen LogP contribution in [-0.4, -0.2) is 15.2 Å². The lowest BCUT2D eigenvalue weighted by Gasteiger charge is -2.26. The van der Waals surface area contributed by atoms with E-state index in [4.69, 9.17) is 5.73 Å². The van der Waals surface area contributed by atoms with Crippen LogP contribution in [0, 0.1) is 0 Å². The summed E-state index contributed by atoms with van der Waals surface area (Å²) >= 11 is 0. The lowest BCUT2D eigenvalue weighted by molar-refractivity contribution is 0.0884. The summed E-state index contributed by atoms with van der Waals surface area (Å²) in [6, 6.07) is 7.51. The molecular formula is C13H14N2O2. The van der Waals surface area contributed by atoms with Gasteiger partial charge in [0.2, 0.25) is 0 Å². The molecule has 1 heterocycles. The van der Waals surface area contributed by atoms with Gasteiger partial charge in [-0.1, -0.05) is 18.2 Å². The van der Waals surface area contributed by atoms with Gasteiger partial charge in [0, 0.05) is 16.6 Å². The fraction of sp³-hybridized carbons (Fsp3) is 0.308. The highest BCUT2D eigenvalue weighted by molar-refractivity contribution is 5.92. The first kappa shape index (κ1) is 10.5. The number of rotatable bonds is 0. The zero-order valence-electron chi connectivity index (χ0n) is 9.30. The minimum atomic E-state index is -0.625. The monoisotopic (exact) mass is 230 g/mol. The average molecular weight is 230 g/mol. The largest absolute Gasteiger partial charge is 0.398 e. The summed E-state index contributed by atoms with van der Waals surface area (Å²) in [5.74, 6) is 0. The zero-order valence-corrected chi connectivity index (χ0v) is 9.30. The predicted molar refractivity (Wildman–Crippen MR) is 65.3 cm³/mol. The maximum atomic E-state index is 9.99. The van der Waals surface area contributed by atoms with Gasteiger partial charge in [0.15, 0.2) is 0 Å². The van der Waals surface area contributed by atoms with E-state index in [-0.39, 0.29) is 0 Å². The van der Waals surface area contributed by atoms with Gasteiger partial charge in [-0.25, -0.2) is 4.98 Å². The van der Waals surface area contributed by atoms with Crippen LogP contribution in [0.15, 0.2) is 24.3 Å². The number of aliphatic hydroxyl groups excluding tert-OH is 2. The van der Waals surface area contributed by atoms with Crippen LogP contribution in [0.5, 0.6) is 0 Å². The summed E-state index contributed by atoms with van der Waals surface area (Å²) < 4.78 is 0. The standard InChI is InChI=1S/C13H14N2O2/c14-12-7-3-1-2-4-8(7)15-13-10(17)6-5-9(16)11(12)13/h1-4,9-10,16-17H,5-6H2,(H2,14,15)/t9-,10+/m0/s1. The number of para-hydroxylation sites is 1. The van der Waals surface area contributed by atoms with Gasteiger partial charge in [0.1, 0.15) is 0 Å². The molecule has 0 unspecified atom stereocenters. The number of nitrogen functional groups attached to an aromatic ring is 1. The fourth-order valence-electron chi connectivity index (χ4n) is 2.47. The van der Waals surface area contributed by atoms with E-state index in [1.165, 1.54) is 0 Å². The van der Waals surface area contributed by atoms with E-state index < -0.39 is 12.2 Å². The van der Waals surface area contributed by atoms with E-state index in [0.29, 0.717) is 29.8 Å². The van der Waals surface area contributed by atoms with E-state index in [1.807, 2.05) is 24.3 Å². The Morgan fingerprint density at radius 2 is 1.82 bits per heavy atom. The van der Waals surface area contributed by atoms with Crippen molar-refractivity contribution in [3.63, 3.8) is 0 Å². The van der Waals surface area contributed by atoms with E-state index in [0.717, 1.165) is 10.9 Å². The third-order valence-electron chi connectivity index (χ3n) is 3.36. The average Bonchev–Trinajstić information content (AvgIpc) is 2.34. The lowest BCUT2D eigenvalue weighted by Crippen LogP contribution is -2.18. The summed E-state index contributed by atoms with van der Waals surface area (Å²) in [6.45, 7) is 0. The molecule has 0 fully saturated rings. The van der Waals surface area contributed by atoms with Gasteiger partial charge >= 0.3 is 0 Å². The second-order valence-corrected chi connectivity index (χ2v) is 4.45. The number of hydrogen-bond donors (Lipinski definition) is 3. The van der Waals surface area contributed by atoms with Crippen LogP contribution in [-0.2, 0) is 0 Å². The minimum Gasteiger partial charge on any atom is -0.398 e. The molecule has 0 aliphatic heterocycles. The minimum absolute atomic E-state index is 0.526. The predicted octanol–water partition coefficient (Wildman–Crippen LogP) is 1.68.